The first kappa shape index (κ1) is 19.7. The molecular formula is C21H31N3O3. The summed E-state index contributed by atoms with van der Waals surface area (Å²) in [6.07, 6.45) is 3.36. The number of nitrogens with zero attached hydrogens (tertiary/aromatic N) is 2. The van der Waals surface area contributed by atoms with Crippen LogP contribution in [0.2, 0.25) is 0 Å². The van der Waals surface area contributed by atoms with Crippen LogP contribution in [0.1, 0.15) is 43.7 Å². The van der Waals surface area contributed by atoms with Gasteiger partial charge in [-0.3, -0.25) is 9.69 Å². The Morgan fingerprint density at radius 2 is 1.93 bits per heavy atom. The summed E-state index contributed by atoms with van der Waals surface area (Å²) in [5.41, 5.74) is 2.49. The van der Waals surface area contributed by atoms with E-state index in [0.717, 1.165) is 25.6 Å². The second-order valence-electron chi connectivity index (χ2n) is 7.71. The van der Waals surface area contributed by atoms with Gasteiger partial charge in [-0.25, -0.2) is 4.79 Å². The van der Waals surface area contributed by atoms with E-state index in [0.29, 0.717) is 39.1 Å². The van der Waals surface area contributed by atoms with Crippen molar-refractivity contribution < 1.29 is 14.3 Å². The van der Waals surface area contributed by atoms with Crippen molar-refractivity contribution in [1.29, 1.82) is 0 Å². The Labute approximate surface area is 161 Å². The highest BCUT2D eigenvalue weighted by Crippen LogP contribution is 2.19. The van der Waals surface area contributed by atoms with Crippen molar-refractivity contribution in [2.45, 2.75) is 45.7 Å². The number of ether oxygens (including phenoxy) is 1. The molecule has 1 aromatic rings. The first-order valence-corrected chi connectivity index (χ1v) is 10.1. The average molecular weight is 373 g/mol. The van der Waals surface area contributed by atoms with E-state index in [4.69, 9.17) is 4.74 Å². The molecule has 2 aliphatic heterocycles. The summed E-state index contributed by atoms with van der Waals surface area (Å²) < 4.78 is 4.89. The Kier molecular flexibility index (Phi) is 7.10. The highest BCUT2D eigenvalue weighted by atomic mass is 16.6. The fourth-order valence-electron chi connectivity index (χ4n) is 3.69. The molecule has 0 aliphatic carbocycles. The molecule has 0 radical (unpaired) electrons. The number of likely N-dealkylation sites (tertiary alicyclic amines) is 1. The van der Waals surface area contributed by atoms with E-state index in [1.54, 1.807) is 4.90 Å². The van der Waals surface area contributed by atoms with Gasteiger partial charge in [0.15, 0.2) is 0 Å². The van der Waals surface area contributed by atoms with Crippen LogP contribution < -0.4 is 5.32 Å². The maximum absolute atomic E-state index is 12.2. The maximum Gasteiger partial charge on any atom is 0.409 e. The van der Waals surface area contributed by atoms with Crippen LogP contribution in [-0.2, 0) is 22.6 Å². The molecule has 2 amide bonds. The molecule has 6 nitrogen and oxygen atoms in total. The average Bonchev–Trinajstić information content (AvgIpc) is 3.08. The zero-order valence-electron chi connectivity index (χ0n) is 16.3. The van der Waals surface area contributed by atoms with Crippen molar-refractivity contribution in [2.75, 3.05) is 32.8 Å². The van der Waals surface area contributed by atoms with Gasteiger partial charge in [0.2, 0.25) is 5.91 Å². The molecule has 1 N–H and O–H groups in total. The summed E-state index contributed by atoms with van der Waals surface area (Å²) >= 11 is 0. The zero-order chi connectivity index (χ0) is 19.1. The molecule has 6 heteroatoms. The zero-order valence-corrected chi connectivity index (χ0v) is 16.3. The van der Waals surface area contributed by atoms with E-state index in [1.807, 2.05) is 6.07 Å². The summed E-state index contributed by atoms with van der Waals surface area (Å²) in [5.74, 6) is 0.863. The molecule has 0 atom stereocenters. The van der Waals surface area contributed by atoms with E-state index < -0.39 is 0 Å². The minimum atomic E-state index is -0.267. The third kappa shape index (κ3) is 5.96. The lowest BCUT2D eigenvalue weighted by atomic mass is 9.98. The Bertz CT molecular complexity index is 641. The van der Waals surface area contributed by atoms with Gasteiger partial charge in [-0.1, -0.05) is 31.2 Å². The number of hydrogen-bond donors (Lipinski definition) is 1. The number of piperidine rings is 1. The molecule has 2 saturated heterocycles. The van der Waals surface area contributed by atoms with E-state index >= 15 is 0 Å². The topological polar surface area (TPSA) is 61.9 Å². The van der Waals surface area contributed by atoms with Crippen LogP contribution in [0.15, 0.2) is 24.3 Å². The highest BCUT2D eigenvalue weighted by molar-refractivity contribution is 5.76. The van der Waals surface area contributed by atoms with E-state index in [-0.39, 0.29) is 12.0 Å². The van der Waals surface area contributed by atoms with E-state index in [9.17, 15) is 9.59 Å². The van der Waals surface area contributed by atoms with E-state index in [2.05, 4.69) is 35.3 Å². The molecule has 2 fully saturated rings. The largest absolute Gasteiger partial charge is 0.448 e. The monoisotopic (exact) mass is 373 g/mol. The molecule has 148 valence electrons. The Morgan fingerprint density at radius 3 is 2.63 bits per heavy atom. The molecule has 2 aliphatic rings. The van der Waals surface area contributed by atoms with Gasteiger partial charge in [0.05, 0.1) is 6.54 Å². The van der Waals surface area contributed by atoms with Crippen LogP contribution in [0.3, 0.4) is 0 Å². The van der Waals surface area contributed by atoms with Gasteiger partial charge < -0.3 is 15.0 Å². The lowest BCUT2D eigenvalue weighted by Gasteiger charge is -2.30. The number of benzene rings is 1. The lowest BCUT2D eigenvalue weighted by Crippen LogP contribution is -2.33. The van der Waals surface area contributed by atoms with Crippen molar-refractivity contribution in [2.24, 2.45) is 5.92 Å². The molecule has 27 heavy (non-hydrogen) atoms. The molecule has 0 saturated carbocycles. The quantitative estimate of drug-likeness (QED) is 0.761. The molecule has 0 unspecified atom stereocenters. The number of nitrogens with one attached hydrogen (secondary N) is 1. The van der Waals surface area contributed by atoms with Gasteiger partial charge in [-0.15, -0.1) is 0 Å². The summed E-state index contributed by atoms with van der Waals surface area (Å²) in [6, 6.07) is 8.37. The maximum atomic E-state index is 12.2. The number of amides is 2. The van der Waals surface area contributed by atoms with Crippen LogP contribution >= 0.6 is 0 Å². The predicted octanol–water partition coefficient (Wildman–Crippen LogP) is 2.77. The highest BCUT2D eigenvalue weighted by Gasteiger charge is 2.21. The summed E-state index contributed by atoms with van der Waals surface area (Å²) in [4.78, 5) is 27.7. The predicted molar refractivity (Wildman–Crippen MR) is 104 cm³/mol. The molecule has 0 spiro atoms. The van der Waals surface area contributed by atoms with Gasteiger partial charge in [0.25, 0.3) is 0 Å². The number of carbonyl (C=O) groups excluding carboxylic acids is 2. The molecule has 2 heterocycles. The van der Waals surface area contributed by atoms with Crippen LogP contribution in [0.5, 0.6) is 0 Å². The van der Waals surface area contributed by atoms with Crippen molar-refractivity contribution in [1.82, 2.24) is 15.1 Å². The van der Waals surface area contributed by atoms with Crippen molar-refractivity contribution in [3.05, 3.63) is 35.4 Å². The molecule has 1 aromatic carbocycles. The first-order chi connectivity index (χ1) is 13.1. The Balaban J connectivity index is 1.42. The lowest BCUT2D eigenvalue weighted by molar-refractivity contribution is -0.121. The van der Waals surface area contributed by atoms with Gasteiger partial charge in [0.1, 0.15) is 6.61 Å². The van der Waals surface area contributed by atoms with Crippen LogP contribution in [0, 0.1) is 5.92 Å². The number of cyclic esters (lactones) is 1. The van der Waals surface area contributed by atoms with Crippen molar-refractivity contribution in [3.63, 3.8) is 0 Å². The first-order valence-electron chi connectivity index (χ1n) is 10.1. The van der Waals surface area contributed by atoms with Crippen LogP contribution in [0.25, 0.3) is 0 Å². The minimum Gasteiger partial charge on any atom is -0.448 e. The standard InChI is InChI=1S/C21H31N3O3/c1-17-8-11-23(12-9-17)16-19-6-3-2-5-18(19)15-22-20(25)7-4-10-24-13-14-27-21(24)26/h2-3,5-6,17H,4,7-16H2,1H3,(H,22,25). The summed E-state index contributed by atoms with van der Waals surface area (Å²) in [7, 11) is 0. The Hall–Kier alpha value is -2.08. The molecule has 0 aromatic heterocycles. The summed E-state index contributed by atoms with van der Waals surface area (Å²) in [5, 5.41) is 3.03. The Morgan fingerprint density at radius 1 is 1.19 bits per heavy atom. The van der Waals surface area contributed by atoms with Gasteiger partial charge in [-0.2, -0.15) is 0 Å². The normalized spacial score (nSPS) is 18.6. The third-order valence-electron chi connectivity index (χ3n) is 5.54. The molecular weight excluding hydrogens is 342 g/mol. The fourth-order valence-corrected chi connectivity index (χ4v) is 3.69. The van der Waals surface area contributed by atoms with Crippen LogP contribution in [-0.4, -0.2) is 54.6 Å². The smallest absolute Gasteiger partial charge is 0.409 e. The molecule has 3 rings (SSSR count). The second-order valence-corrected chi connectivity index (χ2v) is 7.71. The molecule has 0 bridgehead atoms. The van der Waals surface area contributed by atoms with Crippen LogP contribution in [0.4, 0.5) is 4.79 Å². The SMILES string of the molecule is CC1CCN(Cc2ccccc2CNC(=O)CCCN2CCOC2=O)CC1. The summed E-state index contributed by atoms with van der Waals surface area (Å²) in [6.45, 7) is 7.81. The number of rotatable bonds is 8. The van der Waals surface area contributed by atoms with E-state index in [1.165, 1.54) is 24.0 Å². The number of carbonyl (C=O) groups is 2. The second kappa shape index (κ2) is 9.74. The van der Waals surface area contributed by atoms with Gasteiger partial charge in [-0.05, 0) is 49.4 Å². The fraction of sp³-hybridized carbons (Fsp3) is 0.619. The van der Waals surface area contributed by atoms with Crippen molar-refractivity contribution in [3.8, 4) is 0 Å². The van der Waals surface area contributed by atoms with Crippen molar-refractivity contribution >= 4 is 12.0 Å². The number of hydrogen-bond acceptors (Lipinski definition) is 4. The van der Waals surface area contributed by atoms with Gasteiger partial charge in [0, 0.05) is 26.1 Å². The minimum absolute atomic E-state index is 0.0316. The van der Waals surface area contributed by atoms with Gasteiger partial charge >= 0.3 is 6.09 Å². The third-order valence-corrected chi connectivity index (χ3v) is 5.54.